The maximum Gasteiger partial charge on any atom is 0.191 e. The molecule has 0 saturated carbocycles. The Morgan fingerprint density at radius 3 is 2.74 bits per heavy atom. The van der Waals surface area contributed by atoms with E-state index in [-0.39, 0.29) is 24.0 Å². The SMILES string of the molecule is CCCCNC(=NC)NCc1ccnc(N2CCCCC2)c1.I. The van der Waals surface area contributed by atoms with Gasteiger partial charge in [0, 0.05) is 39.4 Å². The zero-order valence-electron chi connectivity index (χ0n) is 14.3. The summed E-state index contributed by atoms with van der Waals surface area (Å²) < 4.78 is 0. The first-order valence-corrected chi connectivity index (χ1v) is 8.48. The molecule has 0 radical (unpaired) electrons. The van der Waals surface area contributed by atoms with Crippen LogP contribution in [0.2, 0.25) is 0 Å². The fourth-order valence-electron chi connectivity index (χ4n) is 2.66. The molecule has 130 valence electrons. The van der Waals surface area contributed by atoms with Crippen LogP contribution in [0.1, 0.15) is 44.6 Å². The number of rotatable bonds is 6. The molecule has 1 aliphatic heterocycles. The summed E-state index contributed by atoms with van der Waals surface area (Å²) in [6.45, 7) is 6.19. The van der Waals surface area contributed by atoms with E-state index in [1.54, 1.807) is 0 Å². The summed E-state index contributed by atoms with van der Waals surface area (Å²) >= 11 is 0. The Morgan fingerprint density at radius 1 is 1.26 bits per heavy atom. The largest absolute Gasteiger partial charge is 0.357 e. The van der Waals surface area contributed by atoms with Crippen LogP contribution in [-0.2, 0) is 6.54 Å². The van der Waals surface area contributed by atoms with Crippen molar-refractivity contribution >= 4 is 35.8 Å². The van der Waals surface area contributed by atoms with Crippen molar-refractivity contribution in [3.8, 4) is 0 Å². The third-order valence-corrected chi connectivity index (χ3v) is 4.00. The molecule has 6 heteroatoms. The van der Waals surface area contributed by atoms with Crippen molar-refractivity contribution in [3.05, 3.63) is 23.9 Å². The lowest BCUT2D eigenvalue weighted by atomic mass is 10.1. The van der Waals surface area contributed by atoms with E-state index in [1.165, 1.54) is 31.2 Å². The average Bonchev–Trinajstić information content (AvgIpc) is 2.59. The van der Waals surface area contributed by atoms with Crippen LogP contribution in [0.4, 0.5) is 5.82 Å². The summed E-state index contributed by atoms with van der Waals surface area (Å²) in [5.74, 6) is 1.97. The van der Waals surface area contributed by atoms with Crippen LogP contribution in [0.15, 0.2) is 23.3 Å². The molecule has 1 aromatic heterocycles. The summed E-state index contributed by atoms with van der Waals surface area (Å²) in [4.78, 5) is 11.2. The summed E-state index contributed by atoms with van der Waals surface area (Å²) in [5.41, 5.74) is 1.24. The lowest BCUT2D eigenvalue weighted by molar-refractivity contribution is 0.573. The van der Waals surface area contributed by atoms with Crippen LogP contribution < -0.4 is 15.5 Å². The number of hydrogen-bond acceptors (Lipinski definition) is 3. The van der Waals surface area contributed by atoms with Crippen LogP contribution in [-0.4, -0.2) is 37.6 Å². The minimum Gasteiger partial charge on any atom is -0.357 e. The van der Waals surface area contributed by atoms with Gasteiger partial charge in [0.15, 0.2) is 5.96 Å². The fraction of sp³-hybridized carbons (Fsp3) is 0.647. The second-order valence-corrected chi connectivity index (χ2v) is 5.78. The van der Waals surface area contributed by atoms with Crippen LogP contribution in [0, 0.1) is 0 Å². The van der Waals surface area contributed by atoms with E-state index >= 15 is 0 Å². The summed E-state index contributed by atoms with van der Waals surface area (Å²) in [5, 5.41) is 6.70. The molecule has 1 aliphatic rings. The van der Waals surface area contributed by atoms with Crippen molar-refractivity contribution in [2.24, 2.45) is 4.99 Å². The second kappa shape index (κ2) is 11.5. The van der Waals surface area contributed by atoms with E-state index in [4.69, 9.17) is 0 Å². The molecule has 0 unspecified atom stereocenters. The standard InChI is InChI=1S/C17H29N5.HI/c1-3-4-9-20-17(18-2)21-14-15-8-10-19-16(13-15)22-11-6-5-7-12-22;/h8,10,13H,3-7,9,11-12,14H2,1-2H3,(H2,18,20,21);1H. The number of halogens is 1. The molecule has 5 nitrogen and oxygen atoms in total. The molecule has 1 aromatic rings. The number of guanidine groups is 1. The molecule has 2 N–H and O–H groups in total. The molecular weight excluding hydrogens is 401 g/mol. The number of nitrogens with one attached hydrogen (secondary N) is 2. The molecule has 0 spiro atoms. The predicted octanol–water partition coefficient (Wildman–Crippen LogP) is 3.16. The van der Waals surface area contributed by atoms with E-state index in [2.05, 4.69) is 44.6 Å². The van der Waals surface area contributed by atoms with Gasteiger partial charge in [0.05, 0.1) is 0 Å². The average molecular weight is 431 g/mol. The number of pyridine rings is 1. The maximum atomic E-state index is 4.52. The van der Waals surface area contributed by atoms with Gasteiger partial charge in [-0.25, -0.2) is 4.98 Å². The zero-order valence-corrected chi connectivity index (χ0v) is 16.7. The first kappa shape index (κ1) is 20.0. The molecule has 0 atom stereocenters. The van der Waals surface area contributed by atoms with Gasteiger partial charge in [0.1, 0.15) is 5.82 Å². The number of piperidine rings is 1. The Morgan fingerprint density at radius 2 is 2.04 bits per heavy atom. The number of aromatic nitrogens is 1. The molecule has 0 amide bonds. The highest BCUT2D eigenvalue weighted by atomic mass is 127. The van der Waals surface area contributed by atoms with Crippen LogP contribution >= 0.6 is 24.0 Å². The maximum absolute atomic E-state index is 4.52. The monoisotopic (exact) mass is 431 g/mol. The lowest BCUT2D eigenvalue weighted by Crippen LogP contribution is -2.37. The highest BCUT2D eigenvalue weighted by Gasteiger charge is 2.12. The molecular formula is C17H30IN5. The third kappa shape index (κ3) is 6.93. The lowest BCUT2D eigenvalue weighted by Gasteiger charge is -2.28. The van der Waals surface area contributed by atoms with Crippen molar-refractivity contribution < 1.29 is 0 Å². The molecule has 2 heterocycles. The van der Waals surface area contributed by atoms with E-state index in [9.17, 15) is 0 Å². The molecule has 1 fully saturated rings. The number of aliphatic imine (C=N–C) groups is 1. The van der Waals surface area contributed by atoms with Crippen molar-refractivity contribution in [2.45, 2.75) is 45.6 Å². The third-order valence-electron chi connectivity index (χ3n) is 4.00. The number of hydrogen-bond donors (Lipinski definition) is 2. The Kier molecular flexibility index (Phi) is 9.98. The summed E-state index contributed by atoms with van der Waals surface area (Å²) in [6, 6.07) is 4.26. The molecule has 0 aromatic carbocycles. The Balaban J connectivity index is 0.00000264. The van der Waals surface area contributed by atoms with Gasteiger partial charge in [-0.15, -0.1) is 24.0 Å². The van der Waals surface area contributed by atoms with Gasteiger partial charge in [-0.1, -0.05) is 13.3 Å². The van der Waals surface area contributed by atoms with Crippen molar-refractivity contribution in [1.29, 1.82) is 0 Å². The smallest absolute Gasteiger partial charge is 0.191 e. The topological polar surface area (TPSA) is 52.6 Å². The molecule has 0 aliphatic carbocycles. The van der Waals surface area contributed by atoms with E-state index in [0.29, 0.717) is 0 Å². The predicted molar refractivity (Wildman–Crippen MR) is 109 cm³/mol. The normalized spacial score (nSPS) is 15.0. The summed E-state index contributed by atoms with van der Waals surface area (Å²) in [7, 11) is 1.81. The minimum absolute atomic E-state index is 0. The first-order valence-electron chi connectivity index (χ1n) is 8.48. The van der Waals surface area contributed by atoms with E-state index in [1.807, 2.05) is 13.2 Å². The van der Waals surface area contributed by atoms with Gasteiger partial charge in [0.2, 0.25) is 0 Å². The van der Waals surface area contributed by atoms with Gasteiger partial charge in [-0.2, -0.15) is 0 Å². The summed E-state index contributed by atoms with van der Waals surface area (Å²) in [6.07, 6.45) is 8.16. The Bertz CT molecular complexity index is 472. The van der Waals surface area contributed by atoms with Gasteiger partial charge in [0.25, 0.3) is 0 Å². The van der Waals surface area contributed by atoms with E-state index < -0.39 is 0 Å². The second-order valence-electron chi connectivity index (χ2n) is 5.78. The molecule has 2 rings (SSSR count). The minimum atomic E-state index is 0. The number of nitrogens with zero attached hydrogens (tertiary/aromatic N) is 3. The molecule has 1 saturated heterocycles. The molecule has 0 bridgehead atoms. The van der Waals surface area contributed by atoms with Crippen LogP contribution in [0.5, 0.6) is 0 Å². The number of anilines is 1. The Labute approximate surface area is 157 Å². The highest BCUT2D eigenvalue weighted by molar-refractivity contribution is 14.0. The quantitative estimate of drug-likeness (QED) is 0.315. The molecule has 23 heavy (non-hydrogen) atoms. The fourth-order valence-corrected chi connectivity index (χ4v) is 2.66. The zero-order chi connectivity index (χ0) is 15.6. The van der Waals surface area contributed by atoms with Crippen molar-refractivity contribution in [1.82, 2.24) is 15.6 Å². The van der Waals surface area contributed by atoms with Gasteiger partial charge < -0.3 is 15.5 Å². The van der Waals surface area contributed by atoms with Crippen molar-refractivity contribution in [2.75, 3.05) is 31.6 Å². The van der Waals surface area contributed by atoms with Gasteiger partial charge in [-0.3, -0.25) is 4.99 Å². The highest BCUT2D eigenvalue weighted by Crippen LogP contribution is 2.18. The van der Waals surface area contributed by atoms with Crippen LogP contribution in [0.25, 0.3) is 0 Å². The van der Waals surface area contributed by atoms with Crippen LogP contribution in [0.3, 0.4) is 0 Å². The van der Waals surface area contributed by atoms with Gasteiger partial charge in [-0.05, 0) is 43.4 Å². The van der Waals surface area contributed by atoms with Gasteiger partial charge >= 0.3 is 0 Å². The number of unbranched alkanes of at least 4 members (excludes halogenated alkanes) is 1. The van der Waals surface area contributed by atoms with E-state index in [0.717, 1.165) is 44.4 Å². The van der Waals surface area contributed by atoms with Crippen molar-refractivity contribution in [3.63, 3.8) is 0 Å². The Hall–Kier alpha value is -1.05. The first-order chi connectivity index (χ1) is 10.8.